The van der Waals surface area contributed by atoms with Crippen LogP contribution in [0.5, 0.6) is 0 Å². The maximum absolute atomic E-state index is 13.6. The Morgan fingerprint density at radius 2 is 1.81 bits per heavy atom. The van der Waals surface area contributed by atoms with Gasteiger partial charge in [-0.2, -0.15) is 0 Å². The summed E-state index contributed by atoms with van der Waals surface area (Å²) in [7, 11) is 0. The molecule has 3 amide bonds. The van der Waals surface area contributed by atoms with Crippen LogP contribution in [0.4, 0.5) is 9.59 Å². The van der Waals surface area contributed by atoms with E-state index in [4.69, 9.17) is 9.47 Å². The molecule has 0 bridgehead atoms. The monoisotopic (exact) mass is 430 g/mol. The third-order valence-corrected chi connectivity index (χ3v) is 5.98. The lowest BCUT2D eigenvalue weighted by atomic mass is 9.78. The number of hydrogen-bond donors (Lipinski definition) is 1. The minimum atomic E-state index is -0.814. The topological polar surface area (TPSA) is 84.9 Å². The molecule has 1 saturated carbocycles. The van der Waals surface area contributed by atoms with Gasteiger partial charge in [0, 0.05) is 0 Å². The van der Waals surface area contributed by atoms with Crippen LogP contribution in [-0.2, 0) is 20.7 Å². The SMILES string of the molecule is CC1CCC([C@H](NC(=O)OC(C)(C)C)C(=O)N2C(=O)OC[C@@H]2Cc2ccccc2)CC1. The predicted molar refractivity (Wildman–Crippen MR) is 116 cm³/mol. The van der Waals surface area contributed by atoms with Crippen molar-refractivity contribution in [1.82, 2.24) is 10.2 Å². The zero-order valence-corrected chi connectivity index (χ0v) is 18.9. The number of alkyl carbamates (subject to hydrolysis) is 1. The molecule has 31 heavy (non-hydrogen) atoms. The maximum atomic E-state index is 13.6. The van der Waals surface area contributed by atoms with Gasteiger partial charge in [-0.1, -0.05) is 50.1 Å². The van der Waals surface area contributed by atoms with E-state index in [0.717, 1.165) is 31.2 Å². The molecule has 2 fully saturated rings. The largest absolute Gasteiger partial charge is 0.447 e. The van der Waals surface area contributed by atoms with Crippen LogP contribution >= 0.6 is 0 Å². The van der Waals surface area contributed by atoms with Gasteiger partial charge in [0.25, 0.3) is 5.91 Å². The highest BCUT2D eigenvalue weighted by molar-refractivity contribution is 5.98. The minimum Gasteiger partial charge on any atom is -0.447 e. The molecule has 0 radical (unpaired) electrons. The summed E-state index contributed by atoms with van der Waals surface area (Å²) >= 11 is 0. The second-order valence-electron chi connectivity index (χ2n) is 9.77. The predicted octanol–water partition coefficient (Wildman–Crippen LogP) is 4.30. The number of nitrogens with one attached hydrogen (secondary N) is 1. The lowest BCUT2D eigenvalue weighted by Gasteiger charge is -2.35. The van der Waals surface area contributed by atoms with E-state index in [-0.39, 0.29) is 12.5 Å². The van der Waals surface area contributed by atoms with E-state index in [2.05, 4.69) is 12.2 Å². The number of amides is 3. The van der Waals surface area contributed by atoms with Crippen molar-refractivity contribution >= 4 is 18.1 Å². The van der Waals surface area contributed by atoms with E-state index >= 15 is 0 Å². The van der Waals surface area contributed by atoms with Crippen molar-refractivity contribution in [3.05, 3.63) is 35.9 Å². The Bertz CT molecular complexity index is 781. The molecule has 0 unspecified atom stereocenters. The smallest absolute Gasteiger partial charge is 0.417 e. The number of hydrogen-bond acceptors (Lipinski definition) is 5. The molecular formula is C24H34N2O5. The molecule has 3 rings (SSSR count). The third kappa shape index (κ3) is 6.21. The summed E-state index contributed by atoms with van der Waals surface area (Å²) in [5, 5.41) is 2.78. The first-order valence-corrected chi connectivity index (χ1v) is 11.2. The molecule has 1 saturated heterocycles. The molecule has 0 aromatic heterocycles. The average Bonchev–Trinajstić information content (AvgIpc) is 3.06. The Balaban J connectivity index is 1.79. The van der Waals surface area contributed by atoms with Crippen molar-refractivity contribution in [1.29, 1.82) is 0 Å². The summed E-state index contributed by atoms with van der Waals surface area (Å²) in [4.78, 5) is 39.8. The lowest BCUT2D eigenvalue weighted by Crippen LogP contribution is -2.56. The van der Waals surface area contributed by atoms with E-state index in [1.54, 1.807) is 20.8 Å². The number of carbonyl (C=O) groups excluding carboxylic acids is 3. The van der Waals surface area contributed by atoms with E-state index in [1.807, 2.05) is 30.3 Å². The zero-order valence-electron chi connectivity index (χ0n) is 18.9. The number of cyclic esters (lactones) is 1. The molecular weight excluding hydrogens is 396 g/mol. The van der Waals surface area contributed by atoms with Crippen LogP contribution in [0.3, 0.4) is 0 Å². The van der Waals surface area contributed by atoms with Gasteiger partial charge in [0.1, 0.15) is 18.2 Å². The van der Waals surface area contributed by atoms with Gasteiger partial charge in [-0.25, -0.2) is 14.5 Å². The summed E-state index contributed by atoms with van der Waals surface area (Å²) in [5.41, 5.74) is 0.341. The number of ether oxygens (including phenoxy) is 2. The average molecular weight is 431 g/mol. The van der Waals surface area contributed by atoms with E-state index in [9.17, 15) is 14.4 Å². The first kappa shape index (κ1) is 23.1. The second-order valence-corrected chi connectivity index (χ2v) is 9.77. The lowest BCUT2D eigenvalue weighted by molar-refractivity contribution is -0.133. The number of imide groups is 1. The van der Waals surface area contributed by atoms with Crippen LogP contribution < -0.4 is 5.32 Å². The normalized spacial score (nSPS) is 25.0. The molecule has 7 nitrogen and oxygen atoms in total. The molecule has 1 aromatic rings. The first-order valence-electron chi connectivity index (χ1n) is 11.2. The van der Waals surface area contributed by atoms with Crippen LogP contribution in [0.2, 0.25) is 0 Å². The Morgan fingerprint density at radius 1 is 1.16 bits per heavy atom. The molecule has 1 N–H and O–H groups in total. The molecule has 2 aliphatic rings. The fourth-order valence-electron chi connectivity index (χ4n) is 4.35. The minimum absolute atomic E-state index is 0.0398. The molecule has 1 heterocycles. The van der Waals surface area contributed by atoms with Crippen molar-refractivity contribution in [2.75, 3.05) is 6.61 Å². The van der Waals surface area contributed by atoms with E-state index < -0.39 is 35.8 Å². The van der Waals surface area contributed by atoms with Gasteiger partial charge >= 0.3 is 12.2 Å². The Labute approximate surface area is 184 Å². The van der Waals surface area contributed by atoms with Gasteiger partial charge in [0.15, 0.2) is 0 Å². The van der Waals surface area contributed by atoms with Crippen molar-refractivity contribution in [3.8, 4) is 0 Å². The Kier molecular flexibility index (Phi) is 7.23. The fourth-order valence-corrected chi connectivity index (χ4v) is 4.35. The summed E-state index contributed by atoms with van der Waals surface area (Å²) in [6.07, 6.45) is 2.84. The molecule has 7 heteroatoms. The number of rotatable bonds is 5. The molecule has 1 aromatic carbocycles. The quantitative estimate of drug-likeness (QED) is 0.753. The van der Waals surface area contributed by atoms with Gasteiger partial charge in [0.05, 0.1) is 6.04 Å². The second kappa shape index (κ2) is 9.71. The summed E-state index contributed by atoms with van der Waals surface area (Å²) in [6, 6.07) is 8.49. The van der Waals surface area contributed by atoms with Crippen molar-refractivity contribution in [3.63, 3.8) is 0 Å². The molecule has 2 atom stereocenters. The van der Waals surface area contributed by atoms with Crippen molar-refractivity contribution in [2.45, 2.75) is 77.5 Å². The molecule has 1 aliphatic carbocycles. The van der Waals surface area contributed by atoms with Gasteiger partial charge in [-0.3, -0.25) is 4.79 Å². The van der Waals surface area contributed by atoms with Crippen molar-refractivity contribution < 1.29 is 23.9 Å². The molecule has 170 valence electrons. The van der Waals surface area contributed by atoms with Crippen LogP contribution in [0.15, 0.2) is 30.3 Å². The highest BCUT2D eigenvalue weighted by Gasteiger charge is 2.44. The number of carbonyl (C=O) groups is 3. The van der Waals surface area contributed by atoms with Gasteiger partial charge in [-0.05, 0) is 57.4 Å². The van der Waals surface area contributed by atoms with Crippen LogP contribution in [0.1, 0.15) is 58.9 Å². The Hall–Kier alpha value is -2.57. The maximum Gasteiger partial charge on any atom is 0.417 e. The van der Waals surface area contributed by atoms with E-state index in [0.29, 0.717) is 12.3 Å². The first-order chi connectivity index (χ1) is 14.6. The fraction of sp³-hybridized carbons (Fsp3) is 0.625. The van der Waals surface area contributed by atoms with Crippen LogP contribution in [0, 0.1) is 11.8 Å². The molecule has 1 aliphatic heterocycles. The summed E-state index contributed by atoms with van der Waals surface area (Å²) in [5.74, 6) is 0.145. The molecule has 0 spiro atoms. The zero-order chi connectivity index (χ0) is 22.6. The Morgan fingerprint density at radius 3 is 2.42 bits per heavy atom. The van der Waals surface area contributed by atoms with Crippen LogP contribution in [-0.4, -0.2) is 47.3 Å². The number of nitrogens with zero attached hydrogens (tertiary/aromatic N) is 1. The van der Waals surface area contributed by atoms with Gasteiger partial charge in [0.2, 0.25) is 0 Å². The van der Waals surface area contributed by atoms with Gasteiger partial charge in [-0.15, -0.1) is 0 Å². The van der Waals surface area contributed by atoms with Crippen molar-refractivity contribution in [2.24, 2.45) is 11.8 Å². The highest BCUT2D eigenvalue weighted by atomic mass is 16.6. The number of benzene rings is 1. The standard InChI is InChI=1S/C24H34N2O5/c1-16-10-12-18(13-11-16)20(25-22(28)31-24(2,3)4)21(27)26-19(15-30-23(26)29)14-17-8-6-5-7-9-17/h5-9,16,18-20H,10-15H2,1-4H3,(H,25,28)/t16?,18?,19-,20-/m0/s1. The summed E-state index contributed by atoms with van der Waals surface area (Å²) in [6.45, 7) is 7.68. The van der Waals surface area contributed by atoms with E-state index in [1.165, 1.54) is 4.90 Å². The third-order valence-electron chi connectivity index (χ3n) is 5.98. The van der Waals surface area contributed by atoms with Gasteiger partial charge < -0.3 is 14.8 Å². The van der Waals surface area contributed by atoms with Crippen LogP contribution in [0.25, 0.3) is 0 Å². The summed E-state index contributed by atoms with van der Waals surface area (Å²) < 4.78 is 10.6. The highest BCUT2D eigenvalue weighted by Crippen LogP contribution is 2.32.